The number of methoxy groups -OCH3 is 1. The maximum atomic E-state index is 12.6. The van der Waals surface area contributed by atoms with Crippen molar-refractivity contribution in [2.75, 3.05) is 25.6 Å². The SMILES string of the molecule is CCOc1ccc(-c2nonc2NC(=O)c2cccc(OC)c2)cc1OCC. The van der Waals surface area contributed by atoms with E-state index >= 15 is 0 Å². The molecule has 1 aromatic heterocycles. The largest absolute Gasteiger partial charge is 0.497 e. The number of hydrogen-bond donors (Lipinski definition) is 1. The first-order valence-corrected chi connectivity index (χ1v) is 8.84. The van der Waals surface area contributed by atoms with Gasteiger partial charge in [-0.25, -0.2) is 4.63 Å². The molecule has 28 heavy (non-hydrogen) atoms. The Morgan fingerprint density at radius 2 is 1.82 bits per heavy atom. The van der Waals surface area contributed by atoms with E-state index in [1.54, 1.807) is 49.6 Å². The van der Waals surface area contributed by atoms with Crippen LogP contribution >= 0.6 is 0 Å². The minimum absolute atomic E-state index is 0.208. The zero-order valence-electron chi connectivity index (χ0n) is 15.9. The third-order valence-corrected chi connectivity index (χ3v) is 3.87. The predicted molar refractivity (Wildman–Crippen MR) is 103 cm³/mol. The van der Waals surface area contributed by atoms with Crippen LogP contribution < -0.4 is 19.5 Å². The molecule has 0 aliphatic carbocycles. The maximum absolute atomic E-state index is 12.6. The molecule has 1 amide bonds. The van der Waals surface area contributed by atoms with Crippen LogP contribution in [0, 0.1) is 0 Å². The van der Waals surface area contributed by atoms with Crippen molar-refractivity contribution in [2.24, 2.45) is 0 Å². The molecule has 0 bridgehead atoms. The molecule has 3 aromatic rings. The monoisotopic (exact) mass is 383 g/mol. The van der Waals surface area contributed by atoms with Gasteiger partial charge in [0.05, 0.1) is 20.3 Å². The van der Waals surface area contributed by atoms with E-state index in [1.807, 2.05) is 13.8 Å². The van der Waals surface area contributed by atoms with Gasteiger partial charge < -0.3 is 19.5 Å². The van der Waals surface area contributed by atoms with Crippen molar-refractivity contribution in [1.29, 1.82) is 0 Å². The summed E-state index contributed by atoms with van der Waals surface area (Å²) in [6.45, 7) is 4.80. The Bertz CT molecular complexity index is 955. The molecule has 0 saturated carbocycles. The molecule has 0 spiro atoms. The van der Waals surface area contributed by atoms with E-state index in [0.717, 1.165) is 0 Å². The molecule has 8 nitrogen and oxygen atoms in total. The average molecular weight is 383 g/mol. The maximum Gasteiger partial charge on any atom is 0.257 e. The molecule has 0 aliphatic heterocycles. The summed E-state index contributed by atoms with van der Waals surface area (Å²) < 4.78 is 21.2. The van der Waals surface area contributed by atoms with Crippen LogP contribution in [0.15, 0.2) is 47.1 Å². The fraction of sp³-hybridized carbons (Fsp3) is 0.250. The molecule has 146 valence electrons. The number of anilines is 1. The molecule has 1 heterocycles. The van der Waals surface area contributed by atoms with Crippen LogP contribution in [0.3, 0.4) is 0 Å². The number of aromatic nitrogens is 2. The molecule has 8 heteroatoms. The van der Waals surface area contributed by atoms with E-state index in [9.17, 15) is 4.79 Å². The number of carbonyl (C=O) groups is 1. The van der Waals surface area contributed by atoms with Gasteiger partial charge in [-0.05, 0) is 60.6 Å². The van der Waals surface area contributed by atoms with E-state index < -0.39 is 0 Å². The van der Waals surface area contributed by atoms with Crippen LogP contribution in [-0.2, 0) is 0 Å². The number of nitrogens with one attached hydrogen (secondary N) is 1. The Balaban J connectivity index is 1.87. The number of rotatable bonds is 8. The summed E-state index contributed by atoms with van der Waals surface area (Å²) >= 11 is 0. The highest BCUT2D eigenvalue weighted by molar-refractivity contribution is 6.05. The van der Waals surface area contributed by atoms with Gasteiger partial charge >= 0.3 is 0 Å². The summed E-state index contributed by atoms with van der Waals surface area (Å²) in [6, 6.07) is 12.2. The number of benzene rings is 2. The average Bonchev–Trinajstić information content (AvgIpc) is 3.17. The molecule has 3 rings (SSSR count). The van der Waals surface area contributed by atoms with Crippen molar-refractivity contribution >= 4 is 11.7 Å². The summed E-state index contributed by atoms with van der Waals surface area (Å²) in [7, 11) is 1.54. The second kappa shape index (κ2) is 8.90. The normalized spacial score (nSPS) is 10.4. The summed E-state index contributed by atoms with van der Waals surface area (Å²) in [5.41, 5.74) is 1.49. The topological polar surface area (TPSA) is 95.7 Å². The van der Waals surface area contributed by atoms with Gasteiger partial charge in [-0.3, -0.25) is 4.79 Å². The smallest absolute Gasteiger partial charge is 0.257 e. The van der Waals surface area contributed by atoms with Crippen LogP contribution in [0.25, 0.3) is 11.3 Å². The molecule has 0 aliphatic rings. The summed E-state index contributed by atoms with van der Waals surface area (Å²) in [4.78, 5) is 12.6. The second-order valence-corrected chi connectivity index (χ2v) is 5.68. The first-order valence-electron chi connectivity index (χ1n) is 8.84. The van der Waals surface area contributed by atoms with Crippen molar-refractivity contribution in [3.8, 4) is 28.5 Å². The van der Waals surface area contributed by atoms with Gasteiger partial charge in [0.1, 0.15) is 5.75 Å². The number of ether oxygens (including phenoxy) is 3. The molecular weight excluding hydrogens is 362 g/mol. The molecular formula is C20H21N3O5. The molecule has 0 unspecified atom stereocenters. The Morgan fingerprint density at radius 3 is 2.57 bits per heavy atom. The van der Waals surface area contributed by atoms with Crippen molar-refractivity contribution in [3.63, 3.8) is 0 Å². The minimum atomic E-state index is -0.355. The van der Waals surface area contributed by atoms with Gasteiger partial charge in [0.25, 0.3) is 5.91 Å². The van der Waals surface area contributed by atoms with Gasteiger partial charge in [0.2, 0.25) is 5.82 Å². The zero-order chi connectivity index (χ0) is 19.9. The van der Waals surface area contributed by atoms with Crippen LogP contribution in [0.5, 0.6) is 17.2 Å². The van der Waals surface area contributed by atoms with E-state index in [-0.39, 0.29) is 11.7 Å². The summed E-state index contributed by atoms with van der Waals surface area (Å²) in [6.07, 6.45) is 0. The fourth-order valence-electron chi connectivity index (χ4n) is 2.60. The van der Waals surface area contributed by atoms with Crippen LogP contribution in [0.1, 0.15) is 24.2 Å². The van der Waals surface area contributed by atoms with E-state index in [1.165, 1.54) is 0 Å². The number of hydrogen-bond acceptors (Lipinski definition) is 7. The molecule has 0 saturated heterocycles. The lowest BCUT2D eigenvalue weighted by Gasteiger charge is -2.12. The number of carbonyl (C=O) groups excluding carboxylic acids is 1. The van der Waals surface area contributed by atoms with Crippen molar-refractivity contribution in [3.05, 3.63) is 48.0 Å². The third kappa shape index (κ3) is 4.22. The van der Waals surface area contributed by atoms with Gasteiger partial charge in [-0.2, -0.15) is 0 Å². The molecule has 2 aromatic carbocycles. The highest BCUT2D eigenvalue weighted by Crippen LogP contribution is 2.34. The summed E-state index contributed by atoms with van der Waals surface area (Å²) in [5.74, 6) is 1.65. The van der Waals surface area contributed by atoms with Crippen molar-refractivity contribution < 1.29 is 23.6 Å². The van der Waals surface area contributed by atoms with E-state index in [4.69, 9.17) is 18.8 Å². The highest BCUT2D eigenvalue weighted by Gasteiger charge is 2.18. The lowest BCUT2D eigenvalue weighted by molar-refractivity contribution is 0.102. The highest BCUT2D eigenvalue weighted by atomic mass is 16.6. The first kappa shape index (κ1) is 19.2. The van der Waals surface area contributed by atoms with Gasteiger partial charge in [0.15, 0.2) is 17.2 Å². The van der Waals surface area contributed by atoms with E-state index in [0.29, 0.717) is 47.3 Å². The Labute approximate surface area is 162 Å². The first-order chi connectivity index (χ1) is 13.7. The lowest BCUT2D eigenvalue weighted by atomic mass is 10.1. The molecule has 0 atom stereocenters. The summed E-state index contributed by atoms with van der Waals surface area (Å²) in [5, 5.41) is 10.4. The quantitative estimate of drug-likeness (QED) is 0.632. The standard InChI is InChI=1S/C20H21N3O5/c1-4-26-16-10-9-13(12-17(16)27-5-2)18-19(23-28-22-18)21-20(24)14-7-6-8-15(11-14)25-3/h6-12H,4-5H2,1-3H3,(H,21,23,24). The van der Waals surface area contributed by atoms with Gasteiger partial charge in [0, 0.05) is 11.1 Å². The molecule has 0 fully saturated rings. The van der Waals surface area contributed by atoms with Crippen LogP contribution in [-0.4, -0.2) is 36.5 Å². The van der Waals surface area contributed by atoms with Gasteiger partial charge in [-0.1, -0.05) is 6.07 Å². The van der Waals surface area contributed by atoms with Gasteiger partial charge in [-0.15, -0.1) is 0 Å². The molecule has 1 N–H and O–H groups in total. The fourth-order valence-corrected chi connectivity index (χ4v) is 2.60. The molecule has 0 radical (unpaired) electrons. The lowest BCUT2D eigenvalue weighted by Crippen LogP contribution is -2.13. The van der Waals surface area contributed by atoms with E-state index in [2.05, 4.69) is 15.6 Å². The second-order valence-electron chi connectivity index (χ2n) is 5.68. The Hall–Kier alpha value is -3.55. The van der Waals surface area contributed by atoms with Crippen LogP contribution in [0.4, 0.5) is 5.82 Å². The van der Waals surface area contributed by atoms with Crippen molar-refractivity contribution in [2.45, 2.75) is 13.8 Å². The Kier molecular flexibility index (Phi) is 6.11. The number of amides is 1. The zero-order valence-corrected chi connectivity index (χ0v) is 15.9. The third-order valence-electron chi connectivity index (χ3n) is 3.87. The minimum Gasteiger partial charge on any atom is -0.497 e. The van der Waals surface area contributed by atoms with Crippen LogP contribution in [0.2, 0.25) is 0 Å². The number of nitrogens with zero attached hydrogens (tertiary/aromatic N) is 2. The predicted octanol–water partition coefficient (Wildman–Crippen LogP) is 3.79. The Morgan fingerprint density at radius 1 is 1.04 bits per heavy atom. The van der Waals surface area contributed by atoms with Crippen molar-refractivity contribution in [1.82, 2.24) is 10.3 Å².